The Balaban J connectivity index is 1.88. The number of hydrogen-bond acceptors (Lipinski definition) is 2. The van der Waals surface area contributed by atoms with Crippen LogP contribution < -0.4 is 0 Å². The maximum absolute atomic E-state index is 12.1. The number of ketones is 1. The van der Waals surface area contributed by atoms with E-state index in [0.717, 1.165) is 41.5 Å². The van der Waals surface area contributed by atoms with E-state index in [1.54, 1.807) is 0 Å². The van der Waals surface area contributed by atoms with E-state index in [9.17, 15) is 4.79 Å². The second kappa shape index (κ2) is 5.98. The molecule has 1 aromatic rings. The lowest BCUT2D eigenvalue weighted by Gasteiger charge is -2.14. The molecule has 1 heterocycles. The first-order valence-corrected chi connectivity index (χ1v) is 7.37. The zero-order valence-electron chi connectivity index (χ0n) is 11.0. The van der Waals surface area contributed by atoms with E-state index >= 15 is 0 Å². The van der Waals surface area contributed by atoms with Crippen molar-refractivity contribution < 1.29 is 4.79 Å². The molecule has 0 N–H and O–H groups in total. The lowest BCUT2D eigenvalue weighted by Crippen LogP contribution is -2.24. The van der Waals surface area contributed by atoms with Gasteiger partial charge in [0.1, 0.15) is 0 Å². The molecular formula is C15H20BrNO. The van der Waals surface area contributed by atoms with Gasteiger partial charge in [-0.15, -0.1) is 0 Å². The van der Waals surface area contributed by atoms with Crippen molar-refractivity contribution in [1.82, 2.24) is 4.90 Å². The Morgan fingerprint density at radius 1 is 1.28 bits per heavy atom. The minimum absolute atomic E-state index is 0.231. The highest BCUT2D eigenvalue weighted by Crippen LogP contribution is 2.23. The number of benzene rings is 1. The van der Waals surface area contributed by atoms with Gasteiger partial charge in [0.2, 0.25) is 0 Å². The number of rotatable bonds is 4. The quantitative estimate of drug-likeness (QED) is 0.792. The predicted molar refractivity (Wildman–Crippen MR) is 77.9 cm³/mol. The lowest BCUT2D eigenvalue weighted by molar-refractivity contribution is 0.0967. The summed E-state index contributed by atoms with van der Waals surface area (Å²) in [5.74, 6) is 1.74. The summed E-state index contributed by atoms with van der Waals surface area (Å²) >= 11 is 3.44. The van der Waals surface area contributed by atoms with Crippen LogP contribution in [-0.2, 0) is 0 Å². The Labute approximate surface area is 117 Å². The highest BCUT2D eigenvalue weighted by Gasteiger charge is 2.26. The molecule has 2 unspecified atom stereocenters. The van der Waals surface area contributed by atoms with Crippen LogP contribution >= 0.6 is 15.9 Å². The smallest absolute Gasteiger partial charge is 0.165 e. The third-order valence-electron chi connectivity index (χ3n) is 3.89. The van der Waals surface area contributed by atoms with Crippen LogP contribution in [0.5, 0.6) is 0 Å². The maximum atomic E-state index is 12.1. The summed E-state index contributed by atoms with van der Waals surface area (Å²) in [5, 5.41) is 0. The first kappa shape index (κ1) is 13.8. The van der Waals surface area contributed by atoms with Gasteiger partial charge >= 0.3 is 0 Å². The standard InChI is InChI=1S/C15H20BrNO/c1-11-9-17(10-12(11)2)8-7-15(18)13-5-3-4-6-14(13)16/h3-6,11-12H,7-10H2,1-2H3. The Bertz CT molecular complexity index is 422. The number of halogens is 1. The number of carbonyl (C=O) groups excluding carboxylic acids is 1. The fourth-order valence-electron chi connectivity index (χ4n) is 2.51. The van der Waals surface area contributed by atoms with Crippen molar-refractivity contribution in [3.05, 3.63) is 34.3 Å². The van der Waals surface area contributed by atoms with Gasteiger partial charge in [-0.2, -0.15) is 0 Å². The molecule has 0 spiro atoms. The summed E-state index contributed by atoms with van der Waals surface area (Å²) in [7, 11) is 0. The van der Waals surface area contributed by atoms with Gasteiger partial charge < -0.3 is 4.90 Å². The molecule has 0 aliphatic carbocycles. The lowest BCUT2D eigenvalue weighted by atomic mass is 10.0. The van der Waals surface area contributed by atoms with Crippen molar-refractivity contribution in [2.75, 3.05) is 19.6 Å². The molecule has 98 valence electrons. The van der Waals surface area contributed by atoms with Crippen molar-refractivity contribution in [3.63, 3.8) is 0 Å². The van der Waals surface area contributed by atoms with Crippen molar-refractivity contribution in [3.8, 4) is 0 Å². The van der Waals surface area contributed by atoms with Crippen molar-refractivity contribution in [1.29, 1.82) is 0 Å². The van der Waals surface area contributed by atoms with Crippen LogP contribution in [0.4, 0.5) is 0 Å². The molecule has 2 nitrogen and oxygen atoms in total. The molecule has 2 atom stereocenters. The van der Waals surface area contributed by atoms with E-state index in [1.165, 1.54) is 0 Å². The first-order valence-electron chi connectivity index (χ1n) is 6.58. The average molecular weight is 310 g/mol. The van der Waals surface area contributed by atoms with Crippen molar-refractivity contribution >= 4 is 21.7 Å². The molecule has 0 saturated carbocycles. The van der Waals surface area contributed by atoms with E-state index in [1.807, 2.05) is 24.3 Å². The molecule has 0 radical (unpaired) electrons. The summed E-state index contributed by atoms with van der Waals surface area (Å²) in [5.41, 5.74) is 0.804. The molecule has 18 heavy (non-hydrogen) atoms. The van der Waals surface area contributed by atoms with Gasteiger partial charge in [-0.1, -0.05) is 48.0 Å². The highest BCUT2D eigenvalue weighted by atomic mass is 79.9. The molecule has 2 rings (SSSR count). The molecule has 0 amide bonds. The number of likely N-dealkylation sites (tertiary alicyclic amines) is 1. The second-order valence-electron chi connectivity index (χ2n) is 5.37. The van der Waals surface area contributed by atoms with Crippen LogP contribution in [0.1, 0.15) is 30.6 Å². The maximum Gasteiger partial charge on any atom is 0.165 e. The molecular weight excluding hydrogens is 290 g/mol. The molecule has 1 saturated heterocycles. The molecule has 1 aromatic carbocycles. The van der Waals surface area contributed by atoms with Gasteiger partial charge in [-0.3, -0.25) is 4.79 Å². The Morgan fingerprint density at radius 3 is 2.50 bits per heavy atom. The molecule has 1 fully saturated rings. The number of nitrogens with zero attached hydrogens (tertiary/aromatic N) is 1. The average Bonchev–Trinajstić information content (AvgIpc) is 2.66. The van der Waals surface area contributed by atoms with Gasteiger partial charge in [-0.05, 0) is 17.9 Å². The summed E-state index contributed by atoms with van der Waals surface area (Å²) in [4.78, 5) is 14.5. The van der Waals surface area contributed by atoms with Gasteiger partial charge in [0.05, 0.1) is 0 Å². The highest BCUT2D eigenvalue weighted by molar-refractivity contribution is 9.10. The second-order valence-corrected chi connectivity index (χ2v) is 6.22. The Hall–Kier alpha value is -0.670. The van der Waals surface area contributed by atoms with Crippen LogP contribution in [0.25, 0.3) is 0 Å². The van der Waals surface area contributed by atoms with E-state index < -0.39 is 0 Å². The minimum atomic E-state index is 0.231. The van der Waals surface area contributed by atoms with Crippen LogP contribution in [0.2, 0.25) is 0 Å². The minimum Gasteiger partial charge on any atom is -0.302 e. The third-order valence-corrected chi connectivity index (χ3v) is 4.58. The Morgan fingerprint density at radius 2 is 1.89 bits per heavy atom. The largest absolute Gasteiger partial charge is 0.302 e. The Kier molecular flexibility index (Phi) is 4.57. The SMILES string of the molecule is CC1CN(CCC(=O)c2ccccc2Br)CC1C. The van der Waals surface area contributed by atoms with E-state index in [-0.39, 0.29) is 5.78 Å². The molecule has 1 aliphatic heterocycles. The van der Waals surface area contributed by atoms with E-state index in [0.29, 0.717) is 6.42 Å². The number of Topliss-reactive ketones (excluding diaryl/α,β-unsaturated/α-hetero) is 1. The van der Waals surface area contributed by atoms with E-state index in [4.69, 9.17) is 0 Å². The molecule has 0 aromatic heterocycles. The van der Waals surface area contributed by atoms with Crippen molar-refractivity contribution in [2.45, 2.75) is 20.3 Å². The topological polar surface area (TPSA) is 20.3 Å². The normalized spacial score (nSPS) is 24.4. The monoisotopic (exact) mass is 309 g/mol. The molecule has 0 bridgehead atoms. The fourth-order valence-corrected chi connectivity index (χ4v) is 3.02. The summed E-state index contributed by atoms with van der Waals surface area (Å²) in [6.45, 7) is 7.73. The zero-order chi connectivity index (χ0) is 13.1. The summed E-state index contributed by atoms with van der Waals surface area (Å²) < 4.78 is 0.901. The third kappa shape index (κ3) is 3.21. The number of carbonyl (C=O) groups is 1. The summed E-state index contributed by atoms with van der Waals surface area (Å²) in [6, 6.07) is 7.66. The zero-order valence-corrected chi connectivity index (χ0v) is 12.6. The van der Waals surface area contributed by atoms with Crippen LogP contribution in [-0.4, -0.2) is 30.3 Å². The molecule has 1 aliphatic rings. The van der Waals surface area contributed by atoms with Crippen molar-refractivity contribution in [2.24, 2.45) is 11.8 Å². The summed E-state index contributed by atoms with van der Waals surface area (Å²) in [6.07, 6.45) is 0.613. The van der Waals surface area contributed by atoms with Crippen LogP contribution in [0, 0.1) is 11.8 Å². The predicted octanol–water partition coefficient (Wildman–Crippen LogP) is 3.61. The number of hydrogen-bond donors (Lipinski definition) is 0. The van der Waals surface area contributed by atoms with Gasteiger partial charge in [0.15, 0.2) is 5.78 Å². The van der Waals surface area contributed by atoms with Gasteiger partial charge in [0.25, 0.3) is 0 Å². The van der Waals surface area contributed by atoms with Gasteiger partial charge in [0, 0.05) is 36.1 Å². The van der Waals surface area contributed by atoms with Crippen LogP contribution in [0.3, 0.4) is 0 Å². The fraction of sp³-hybridized carbons (Fsp3) is 0.533. The van der Waals surface area contributed by atoms with Gasteiger partial charge in [-0.25, -0.2) is 0 Å². The van der Waals surface area contributed by atoms with Crippen LogP contribution in [0.15, 0.2) is 28.7 Å². The molecule has 3 heteroatoms. The van der Waals surface area contributed by atoms with E-state index in [2.05, 4.69) is 34.7 Å². The first-order chi connectivity index (χ1) is 8.58.